The molecule has 7 heteroatoms. The van der Waals surface area contributed by atoms with Crippen molar-refractivity contribution in [1.29, 1.82) is 0 Å². The lowest BCUT2D eigenvalue weighted by atomic mass is 10.2. The highest BCUT2D eigenvalue weighted by molar-refractivity contribution is 9.10. The van der Waals surface area contributed by atoms with Crippen LogP contribution in [0, 0.1) is 5.82 Å². The van der Waals surface area contributed by atoms with Crippen LogP contribution in [0.4, 0.5) is 4.39 Å². The SMILES string of the molecule is O=c1c2cc(Br)ccc2ncn1C[C@@H](O)COc1ccc(F)cc1. The maximum absolute atomic E-state index is 12.8. The Kier molecular flexibility index (Phi) is 4.92. The number of ether oxygens (including phenoxy) is 1. The van der Waals surface area contributed by atoms with Crippen LogP contribution in [0.5, 0.6) is 5.75 Å². The van der Waals surface area contributed by atoms with Crippen molar-refractivity contribution in [2.45, 2.75) is 12.6 Å². The summed E-state index contributed by atoms with van der Waals surface area (Å²) in [7, 11) is 0. The van der Waals surface area contributed by atoms with Crippen LogP contribution < -0.4 is 10.3 Å². The van der Waals surface area contributed by atoms with Gasteiger partial charge in [-0.15, -0.1) is 0 Å². The molecule has 0 aliphatic carbocycles. The van der Waals surface area contributed by atoms with Crippen molar-refractivity contribution in [2.24, 2.45) is 0 Å². The normalized spacial score (nSPS) is 12.3. The number of aliphatic hydroxyl groups excluding tert-OH is 1. The number of halogens is 2. The molecule has 0 unspecified atom stereocenters. The first-order chi connectivity index (χ1) is 11.5. The molecule has 24 heavy (non-hydrogen) atoms. The summed E-state index contributed by atoms with van der Waals surface area (Å²) in [5, 5.41) is 10.5. The number of nitrogens with zero attached hydrogens (tertiary/aromatic N) is 2. The van der Waals surface area contributed by atoms with E-state index in [1.165, 1.54) is 35.2 Å². The Morgan fingerprint density at radius 3 is 2.75 bits per heavy atom. The highest BCUT2D eigenvalue weighted by atomic mass is 79.9. The molecule has 0 radical (unpaired) electrons. The molecule has 0 saturated carbocycles. The fourth-order valence-corrected chi connectivity index (χ4v) is 2.63. The lowest BCUT2D eigenvalue weighted by molar-refractivity contribution is 0.0914. The second-order valence-corrected chi connectivity index (χ2v) is 6.20. The zero-order valence-corrected chi connectivity index (χ0v) is 14.1. The minimum absolute atomic E-state index is 0.0193. The molecule has 0 amide bonds. The van der Waals surface area contributed by atoms with Crippen LogP contribution in [-0.2, 0) is 6.54 Å². The van der Waals surface area contributed by atoms with E-state index in [-0.39, 0.29) is 24.5 Å². The molecule has 124 valence electrons. The molecule has 1 atom stereocenters. The first-order valence-corrected chi connectivity index (χ1v) is 8.03. The Morgan fingerprint density at radius 2 is 2.00 bits per heavy atom. The molecular weight excluding hydrogens is 379 g/mol. The Hall–Kier alpha value is -2.25. The second-order valence-electron chi connectivity index (χ2n) is 5.28. The van der Waals surface area contributed by atoms with Crippen LogP contribution in [-0.4, -0.2) is 27.4 Å². The summed E-state index contributed by atoms with van der Waals surface area (Å²) >= 11 is 3.33. The molecule has 0 spiro atoms. The van der Waals surface area contributed by atoms with E-state index in [9.17, 15) is 14.3 Å². The third-order valence-corrected chi connectivity index (χ3v) is 3.94. The number of fused-ring (bicyclic) bond motifs is 1. The number of rotatable bonds is 5. The maximum Gasteiger partial charge on any atom is 0.261 e. The second kappa shape index (κ2) is 7.11. The summed E-state index contributed by atoms with van der Waals surface area (Å²) in [6.07, 6.45) is 0.499. The molecule has 3 rings (SSSR count). The van der Waals surface area contributed by atoms with Gasteiger partial charge in [0.2, 0.25) is 0 Å². The summed E-state index contributed by atoms with van der Waals surface area (Å²) in [5.41, 5.74) is 0.360. The van der Waals surface area contributed by atoms with Gasteiger partial charge in [-0.05, 0) is 42.5 Å². The molecule has 2 aromatic carbocycles. The number of aliphatic hydroxyl groups is 1. The van der Waals surface area contributed by atoms with E-state index in [0.717, 1.165) is 4.47 Å². The van der Waals surface area contributed by atoms with E-state index in [1.54, 1.807) is 12.1 Å². The minimum Gasteiger partial charge on any atom is -0.491 e. The van der Waals surface area contributed by atoms with Crippen LogP contribution in [0.1, 0.15) is 0 Å². The fraction of sp³-hybridized carbons (Fsp3) is 0.176. The molecule has 0 bridgehead atoms. The number of hydrogen-bond acceptors (Lipinski definition) is 4. The lowest BCUT2D eigenvalue weighted by Gasteiger charge is -2.14. The molecule has 1 heterocycles. The van der Waals surface area contributed by atoms with Crippen LogP contribution in [0.2, 0.25) is 0 Å². The zero-order chi connectivity index (χ0) is 17.1. The van der Waals surface area contributed by atoms with E-state index in [4.69, 9.17) is 4.74 Å². The van der Waals surface area contributed by atoms with Crippen molar-refractivity contribution in [3.05, 3.63) is 69.4 Å². The lowest BCUT2D eigenvalue weighted by Crippen LogP contribution is -2.30. The summed E-state index contributed by atoms with van der Waals surface area (Å²) in [4.78, 5) is 16.6. The smallest absolute Gasteiger partial charge is 0.261 e. The fourth-order valence-electron chi connectivity index (χ4n) is 2.26. The summed E-state index contributed by atoms with van der Waals surface area (Å²) in [6, 6.07) is 10.8. The molecule has 0 saturated heterocycles. The van der Waals surface area contributed by atoms with Gasteiger partial charge in [0, 0.05) is 4.47 Å². The van der Waals surface area contributed by atoms with Gasteiger partial charge < -0.3 is 9.84 Å². The van der Waals surface area contributed by atoms with E-state index in [0.29, 0.717) is 16.7 Å². The third kappa shape index (κ3) is 3.80. The van der Waals surface area contributed by atoms with Crippen molar-refractivity contribution in [3.63, 3.8) is 0 Å². The Morgan fingerprint density at radius 1 is 1.25 bits per heavy atom. The van der Waals surface area contributed by atoms with Gasteiger partial charge in [0.1, 0.15) is 24.3 Å². The molecule has 3 aromatic rings. The first kappa shape index (κ1) is 16.6. The van der Waals surface area contributed by atoms with E-state index in [2.05, 4.69) is 20.9 Å². The van der Waals surface area contributed by atoms with Crippen molar-refractivity contribution >= 4 is 26.8 Å². The van der Waals surface area contributed by atoms with Gasteiger partial charge >= 0.3 is 0 Å². The molecule has 5 nitrogen and oxygen atoms in total. The molecular formula is C17H14BrFN2O3. The third-order valence-electron chi connectivity index (χ3n) is 3.45. The van der Waals surface area contributed by atoms with E-state index in [1.807, 2.05) is 6.07 Å². The number of aromatic nitrogens is 2. The molecule has 1 N–H and O–H groups in total. The quantitative estimate of drug-likeness (QED) is 0.724. The van der Waals surface area contributed by atoms with Gasteiger partial charge in [0.05, 0.1) is 23.8 Å². The molecule has 0 fully saturated rings. The first-order valence-electron chi connectivity index (χ1n) is 7.24. The van der Waals surface area contributed by atoms with Crippen LogP contribution >= 0.6 is 15.9 Å². The van der Waals surface area contributed by atoms with Gasteiger partial charge in [-0.1, -0.05) is 15.9 Å². The average Bonchev–Trinajstić information content (AvgIpc) is 2.57. The molecule has 1 aromatic heterocycles. The van der Waals surface area contributed by atoms with Gasteiger partial charge in [0.25, 0.3) is 5.56 Å². The minimum atomic E-state index is -0.904. The Labute approximate surface area is 145 Å². The van der Waals surface area contributed by atoms with Gasteiger partial charge in [-0.3, -0.25) is 9.36 Å². The Balaban J connectivity index is 1.71. The van der Waals surface area contributed by atoms with Crippen LogP contribution in [0.25, 0.3) is 10.9 Å². The van der Waals surface area contributed by atoms with Crippen molar-refractivity contribution < 1.29 is 14.2 Å². The number of hydrogen-bond donors (Lipinski definition) is 1. The van der Waals surface area contributed by atoms with E-state index >= 15 is 0 Å². The zero-order valence-electron chi connectivity index (χ0n) is 12.5. The molecule has 0 aliphatic rings. The Bertz CT molecular complexity index is 912. The number of benzene rings is 2. The van der Waals surface area contributed by atoms with Crippen molar-refractivity contribution in [1.82, 2.24) is 9.55 Å². The largest absolute Gasteiger partial charge is 0.491 e. The summed E-state index contributed by atoms with van der Waals surface area (Å²) in [6.45, 7) is 0.0318. The average molecular weight is 393 g/mol. The topological polar surface area (TPSA) is 64.4 Å². The predicted octanol–water partition coefficient (Wildman–Crippen LogP) is 2.74. The van der Waals surface area contributed by atoms with Crippen molar-refractivity contribution in [2.75, 3.05) is 6.61 Å². The van der Waals surface area contributed by atoms with Gasteiger partial charge in [-0.2, -0.15) is 0 Å². The van der Waals surface area contributed by atoms with Gasteiger partial charge in [0.15, 0.2) is 0 Å². The monoisotopic (exact) mass is 392 g/mol. The predicted molar refractivity (Wildman–Crippen MR) is 91.6 cm³/mol. The van der Waals surface area contributed by atoms with E-state index < -0.39 is 6.10 Å². The highest BCUT2D eigenvalue weighted by Gasteiger charge is 2.10. The molecule has 0 aliphatic heterocycles. The highest BCUT2D eigenvalue weighted by Crippen LogP contribution is 2.15. The standard InChI is InChI=1S/C17H14BrFN2O3/c18-11-1-6-16-15(7-11)17(23)21(10-20-16)8-13(22)9-24-14-4-2-12(19)3-5-14/h1-7,10,13,22H,8-9H2/t13-/m1/s1. The summed E-state index contributed by atoms with van der Waals surface area (Å²) in [5.74, 6) is 0.0891. The van der Waals surface area contributed by atoms with Gasteiger partial charge in [-0.25, -0.2) is 9.37 Å². The maximum atomic E-state index is 12.8. The summed E-state index contributed by atoms with van der Waals surface area (Å²) < 4.78 is 20.3. The van der Waals surface area contributed by atoms with Crippen LogP contribution in [0.3, 0.4) is 0 Å². The van der Waals surface area contributed by atoms with Crippen molar-refractivity contribution in [3.8, 4) is 5.75 Å². The van der Waals surface area contributed by atoms with Crippen LogP contribution in [0.15, 0.2) is 58.1 Å².